The molecule has 160 valence electrons. The molecule has 2 aliphatic heterocycles. The van der Waals surface area contributed by atoms with E-state index in [1.54, 1.807) is 30.3 Å². The maximum absolute atomic E-state index is 13.2. The molecule has 31 heavy (non-hydrogen) atoms. The first-order chi connectivity index (χ1) is 14.7. The van der Waals surface area contributed by atoms with Crippen LogP contribution in [0.3, 0.4) is 0 Å². The molecule has 0 saturated carbocycles. The molecule has 0 bridgehead atoms. The van der Waals surface area contributed by atoms with E-state index in [4.69, 9.17) is 11.6 Å². The Morgan fingerprint density at radius 1 is 1.13 bits per heavy atom. The zero-order chi connectivity index (χ0) is 22.3. The Bertz CT molecular complexity index is 1090. The average molecular weight is 440 g/mol. The minimum absolute atomic E-state index is 0.180. The molecule has 1 atom stereocenters. The van der Waals surface area contributed by atoms with Crippen LogP contribution >= 0.6 is 11.6 Å². The Labute approximate surface area is 184 Å². The molecule has 1 unspecified atom stereocenters. The van der Waals surface area contributed by atoms with Crippen LogP contribution in [0.1, 0.15) is 58.5 Å². The van der Waals surface area contributed by atoms with Crippen LogP contribution in [0.4, 0.5) is 0 Å². The zero-order valence-electron chi connectivity index (χ0n) is 17.2. The fourth-order valence-electron chi connectivity index (χ4n) is 4.09. The highest BCUT2D eigenvalue weighted by Crippen LogP contribution is 2.31. The maximum atomic E-state index is 13.2. The van der Waals surface area contributed by atoms with Gasteiger partial charge in [-0.15, -0.1) is 0 Å². The van der Waals surface area contributed by atoms with Crippen molar-refractivity contribution < 1.29 is 19.2 Å². The van der Waals surface area contributed by atoms with Crippen molar-refractivity contribution in [1.29, 1.82) is 0 Å². The standard InChI is InChI=1S/C23H22ClN3O4/c1-23(2,14-6-8-15(24)9-7-14)26-20(29)16-5-3-4-13-12-27(22(31)19(13)16)17-10-11-18(28)25-21(17)30/h3-9,17H,10-12H2,1-2H3,(H,26,29)(H,25,28,30). The summed E-state index contributed by atoms with van der Waals surface area (Å²) in [5, 5.41) is 5.88. The van der Waals surface area contributed by atoms with Crippen molar-refractivity contribution in [2.45, 2.75) is 44.8 Å². The van der Waals surface area contributed by atoms with Crippen LogP contribution in [0, 0.1) is 0 Å². The van der Waals surface area contributed by atoms with Crippen LogP contribution in [-0.4, -0.2) is 34.6 Å². The molecule has 2 heterocycles. The van der Waals surface area contributed by atoms with Gasteiger partial charge in [0.15, 0.2) is 0 Å². The number of imide groups is 1. The van der Waals surface area contributed by atoms with Gasteiger partial charge in [0.05, 0.1) is 16.7 Å². The minimum atomic E-state index is -0.723. The summed E-state index contributed by atoms with van der Waals surface area (Å²) in [6.45, 7) is 3.96. The van der Waals surface area contributed by atoms with Gasteiger partial charge >= 0.3 is 0 Å². The van der Waals surface area contributed by atoms with E-state index in [2.05, 4.69) is 10.6 Å². The van der Waals surface area contributed by atoms with Gasteiger partial charge < -0.3 is 10.2 Å². The van der Waals surface area contributed by atoms with E-state index in [1.807, 2.05) is 26.0 Å². The number of nitrogens with zero attached hydrogens (tertiary/aromatic N) is 1. The predicted octanol–water partition coefficient (Wildman–Crippen LogP) is 2.77. The van der Waals surface area contributed by atoms with Crippen molar-refractivity contribution in [2.24, 2.45) is 0 Å². The first-order valence-electron chi connectivity index (χ1n) is 10.0. The SMILES string of the molecule is CC(C)(NC(=O)c1cccc2c1C(=O)N(C1CCC(=O)NC1=O)C2)c1ccc(Cl)cc1. The number of carbonyl (C=O) groups excluding carboxylic acids is 4. The summed E-state index contributed by atoms with van der Waals surface area (Å²) < 4.78 is 0. The highest BCUT2D eigenvalue weighted by atomic mass is 35.5. The number of hydrogen-bond donors (Lipinski definition) is 2. The number of nitrogens with one attached hydrogen (secondary N) is 2. The fourth-order valence-corrected chi connectivity index (χ4v) is 4.22. The number of carbonyl (C=O) groups is 4. The summed E-state index contributed by atoms with van der Waals surface area (Å²) in [4.78, 5) is 51.5. The summed E-state index contributed by atoms with van der Waals surface area (Å²) in [5.74, 6) is -1.57. The van der Waals surface area contributed by atoms with E-state index in [9.17, 15) is 19.2 Å². The normalized spacial score (nSPS) is 18.6. The molecule has 2 aliphatic rings. The summed E-state index contributed by atoms with van der Waals surface area (Å²) in [5.41, 5.74) is 1.42. The number of amides is 4. The molecule has 0 spiro atoms. The summed E-state index contributed by atoms with van der Waals surface area (Å²) >= 11 is 5.96. The molecule has 8 heteroatoms. The summed E-state index contributed by atoms with van der Waals surface area (Å²) in [6.07, 6.45) is 0.453. The first kappa shape index (κ1) is 21.1. The van der Waals surface area contributed by atoms with Crippen molar-refractivity contribution in [3.05, 3.63) is 69.7 Å². The Hall–Kier alpha value is -3.19. The Kier molecular flexibility index (Phi) is 5.31. The zero-order valence-corrected chi connectivity index (χ0v) is 18.0. The second kappa shape index (κ2) is 7.81. The third-order valence-corrected chi connectivity index (χ3v) is 6.04. The van der Waals surface area contributed by atoms with E-state index in [0.717, 1.165) is 5.56 Å². The highest BCUT2D eigenvalue weighted by molar-refractivity contribution is 6.30. The van der Waals surface area contributed by atoms with E-state index in [1.165, 1.54) is 4.90 Å². The largest absolute Gasteiger partial charge is 0.343 e. The van der Waals surface area contributed by atoms with Gasteiger partial charge in [-0.1, -0.05) is 35.9 Å². The number of halogens is 1. The average Bonchev–Trinajstić information content (AvgIpc) is 3.04. The molecular weight excluding hydrogens is 418 g/mol. The molecule has 4 rings (SSSR count). The topological polar surface area (TPSA) is 95.6 Å². The van der Waals surface area contributed by atoms with Crippen LogP contribution in [-0.2, 0) is 21.7 Å². The van der Waals surface area contributed by atoms with E-state index in [0.29, 0.717) is 16.1 Å². The van der Waals surface area contributed by atoms with Crippen molar-refractivity contribution in [3.63, 3.8) is 0 Å². The number of hydrogen-bond acceptors (Lipinski definition) is 4. The lowest BCUT2D eigenvalue weighted by Gasteiger charge is -2.29. The maximum Gasteiger partial charge on any atom is 0.256 e. The lowest BCUT2D eigenvalue weighted by atomic mass is 9.93. The third-order valence-electron chi connectivity index (χ3n) is 5.79. The Morgan fingerprint density at radius 3 is 2.52 bits per heavy atom. The molecule has 1 fully saturated rings. The molecular formula is C23H22ClN3O4. The fraction of sp³-hybridized carbons (Fsp3) is 0.304. The van der Waals surface area contributed by atoms with Crippen LogP contribution in [0.15, 0.2) is 42.5 Å². The lowest BCUT2D eigenvalue weighted by molar-refractivity contribution is -0.136. The van der Waals surface area contributed by atoms with Gasteiger partial charge in [0.1, 0.15) is 6.04 Å². The van der Waals surface area contributed by atoms with Gasteiger partial charge in [0, 0.05) is 18.0 Å². The van der Waals surface area contributed by atoms with Gasteiger partial charge in [-0.2, -0.15) is 0 Å². The highest BCUT2D eigenvalue weighted by Gasteiger charge is 2.41. The molecule has 7 nitrogen and oxygen atoms in total. The summed E-state index contributed by atoms with van der Waals surface area (Å²) in [7, 11) is 0. The summed E-state index contributed by atoms with van der Waals surface area (Å²) in [6, 6.07) is 11.6. The quantitative estimate of drug-likeness (QED) is 0.716. The third kappa shape index (κ3) is 3.93. The Balaban J connectivity index is 1.59. The molecule has 1 saturated heterocycles. The molecule has 4 amide bonds. The second-order valence-electron chi connectivity index (χ2n) is 8.33. The minimum Gasteiger partial charge on any atom is -0.343 e. The predicted molar refractivity (Wildman–Crippen MR) is 114 cm³/mol. The van der Waals surface area contributed by atoms with E-state index < -0.39 is 17.5 Å². The van der Waals surface area contributed by atoms with Crippen LogP contribution in [0.5, 0.6) is 0 Å². The molecule has 2 aromatic rings. The van der Waals surface area contributed by atoms with Crippen molar-refractivity contribution in [2.75, 3.05) is 0 Å². The molecule has 0 aromatic heterocycles. The van der Waals surface area contributed by atoms with Gasteiger partial charge in [-0.3, -0.25) is 24.5 Å². The number of piperidine rings is 1. The number of benzene rings is 2. The molecule has 2 aromatic carbocycles. The van der Waals surface area contributed by atoms with Crippen molar-refractivity contribution in [3.8, 4) is 0 Å². The first-order valence-corrected chi connectivity index (χ1v) is 10.4. The van der Waals surface area contributed by atoms with Crippen molar-refractivity contribution >= 4 is 35.2 Å². The van der Waals surface area contributed by atoms with Crippen LogP contribution < -0.4 is 10.6 Å². The molecule has 0 aliphatic carbocycles. The Morgan fingerprint density at radius 2 is 1.84 bits per heavy atom. The molecule has 0 radical (unpaired) electrons. The van der Waals surface area contributed by atoms with Gasteiger partial charge in [-0.25, -0.2) is 0 Å². The van der Waals surface area contributed by atoms with Crippen molar-refractivity contribution in [1.82, 2.24) is 15.5 Å². The molecule has 2 N–H and O–H groups in total. The van der Waals surface area contributed by atoms with Gasteiger partial charge in [0.25, 0.3) is 11.8 Å². The van der Waals surface area contributed by atoms with Crippen LogP contribution in [0.2, 0.25) is 5.02 Å². The van der Waals surface area contributed by atoms with E-state index >= 15 is 0 Å². The monoisotopic (exact) mass is 439 g/mol. The second-order valence-corrected chi connectivity index (χ2v) is 8.76. The van der Waals surface area contributed by atoms with Gasteiger partial charge in [0.2, 0.25) is 11.8 Å². The number of fused-ring (bicyclic) bond motifs is 1. The van der Waals surface area contributed by atoms with E-state index in [-0.39, 0.29) is 42.7 Å². The van der Waals surface area contributed by atoms with Crippen LogP contribution in [0.25, 0.3) is 0 Å². The smallest absolute Gasteiger partial charge is 0.256 e. The number of rotatable bonds is 4. The lowest BCUT2D eigenvalue weighted by Crippen LogP contribution is -2.52. The van der Waals surface area contributed by atoms with Gasteiger partial charge in [-0.05, 0) is 49.6 Å².